The summed E-state index contributed by atoms with van der Waals surface area (Å²) >= 11 is 0. The predicted molar refractivity (Wildman–Crippen MR) is 72.0 cm³/mol. The van der Waals surface area contributed by atoms with Gasteiger partial charge in [0, 0.05) is 26.2 Å². The van der Waals surface area contributed by atoms with Gasteiger partial charge in [-0.3, -0.25) is 15.0 Å². The monoisotopic (exact) mass is 282 g/mol. The number of morpholine rings is 1. The minimum absolute atomic E-state index is 0.369. The number of carbonyl (C=O) groups is 1. The van der Waals surface area contributed by atoms with Crippen molar-refractivity contribution in [2.45, 2.75) is 6.04 Å². The quantitative estimate of drug-likeness (QED) is 0.811. The van der Waals surface area contributed by atoms with Gasteiger partial charge in [-0.15, -0.1) is 0 Å². The number of hydrogen-bond donors (Lipinski definition) is 2. The molecule has 6 heteroatoms. The van der Waals surface area contributed by atoms with Crippen molar-refractivity contribution in [2.75, 3.05) is 39.4 Å². The van der Waals surface area contributed by atoms with Crippen molar-refractivity contribution in [1.29, 1.82) is 0 Å². The van der Waals surface area contributed by atoms with E-state index in [1.54, 1.807) is 0 Å². The van der Waals surface area contributed by atoms with Gasteiger partial charge < -0.3 is 9.84 Å². The van der Waals surface area contributed by atoms with Gasteiger partial charge in [-0.2, -0.15) is 0 Å². The van der Waals surface area contributed by atoms with E-state index < -0.39 is 12.0 Å². The second-order valence-electron chi connectivity index (χ2n) is 4.73. The Balaban J connectivity index is 1.86. The first-order chi connectivity index (χ1) is 9.66. The largest absolute Gasteiger partial charge is 0.480 e. The van der Waals surface area contributed by atoms with Gasteiger partial charge in [0.15, 0.2) is 0 Å². The summed E-state index contributed by atoms with van der Waals surface area (Å²) in [5, 5.41) is 12.2. The summed E-state index contributed by atoms with van der Waals surface area (Å²) in [7, 11) is 0. The molecule has 2 rings (SSSR count). The average molecular weight is 282 g/mol. The molecule has 1 aromatic carbocycles. The SMILES string of the molecule is O=C(O)C(NCCN1CCOCC1)c1ccc(F)cc1. The van der Waals surface area contributed by atoms with Gasteiger partial charge in [0.25, 0.3) is 0 Å². The number of aliphatic carboxylic acids is 1. The smallest absolute Gasteiger partial charge is 0.325 e. The Morgan fingerprint density at radius 3 is 2.60 bits per heavy atom. The van der Waals surface area contributed by atoms with Crippen LogP contribution < -0.4 is 5.32 Å². The van der Waals surface area contributed by atoms with E-state index >= 15 is 0 Å². The first-order valence-electron chi connectivity index (χ1n) is 6.68. The fraction of sp³-hybridized carbons (Fsp3) is 0.500. The van der Waals surface area contributed by atoms with Crippen molar-refractivity contribution in [3.05, 3.63) is 35.6 Å². The maximum Gasteiger partial charge on any atom is 0.325 e. The number of benzene rings is 1. The van der Waals surface area contributed by atoms with Crippen molar-refractivity contribution in [3.63, 3.8) is 0 Å². The lowest BCUT2D eigenvalue weighted by Crippen LogP contribution is -2.41. The number of ether oxygens (including phenoxy) is 1. The van der Waals surface area contributed by atoms with E-state index in [9.17, 15) is 14.3 Å². The van der Waals surface area contributed by atoms with E-state index in [0.29, 0.717) is 12.1 Å². The molecule has 1 aliphatic heterocycles. The van der Waals surface area contributed by atoms with Crippen LogP contribution in [0.1, 0.15) is 11.6 Å². The van der Waals surface area contributed by atoms with Crippen molar-refractivity contribution >= 4 is 5.97 Å². The summed E-state index contributed by atoms with van der Waals surface area (Å²) in [5.41, 5.74) is 0.556. The maximum absolute atomic E-state index is 12.9. The molecule has 0 aromatic heterocycles. The summed E-state index contributed by atoms with van der Waals surface area (Å²) in [6, 6.07) is 4.73. The second kappa shape index (κ2) is 7.33. The molecule has 1 aliphatic rings. The van der Waals surface area contributed by atoms with Crippen LogP contribution in [0.2, 0.25) is 0 Å². The summed E-state index contributed by atoms with van der Waals surface area (Å²) < 4.78 is 18.1. The molecule has 1 saturated heterocycles. The third-order valence-electron chi connectivity index (χ3n) is 3.33. The fourth-order valence-electron chi connectivity index (χ4n) is 2.19. The van der Waals surface area contributed by atoms with Crippen LogP contribution in [0.4, 0.5) is 4.39 Å². The topological polar surface area (TPSA) is 61.8 Å². The van der Waals surface area contributed by atoms with Crippen LogP contribution in [0, 0.1) is 5.82 Å². The number of halogens is 1. The number of rotatable bonds is 6. The lowest BCUT2D eigenvalue weighted by Gasteiger charge is -2.27. The van der Waals surface area contributed by atoms with E-state index in [-0.39, 0.29) is 5.82 Å². The zero-order valence-corrected chi connectivity index (χ0v) is 11.2. The Kier molecular flexibility index (Phi) is 5.46. The Morgan fingerprint density at radius 1 is 1.35 bits per heavy atom. The number of carboxylic acid groups (broad SMARTS) is 1. The van der Waals surface area contributed by atoms with Crippen molar-refractivity contribution in [3.8, 4) is 0 Å². The number of carboxylic acids is 1. The van der Waals surface area contributed by atoms with E-state index in [1.165, 1.54) is 24.3 Å². The van der Waals surface area contributed by atoms with Crippen LogP contribution in [-0.2, 0) is 9.53 Å². The molecular weight excluding hydrogens is 263 g/mol. The lowest BCUT2D eigenvalue weighted by atomic mass is 10.1. The van der Waals surface area contributed by atoms with Gasteiger partial charge in [0.05, 0.1) is 13.2 Å². The molecule has 1 heterocycles. The molecule has 0 radical (unpaired) electrons. The molecule has 0 aliphatic carbocycles. The van der Waals surface area contributed by atoms with Gasteiger partial charge >= 0.3 is 5.97 Å². The second-order valence-corrected chi connectivity index (χ2v) is 4.73. The zero-order valence-electron chi connectivity index (χ0n) is 11.2. The molecule has 110 valence electrons. The van der Waals surface area contributed by atoms with Gasteiger partial charge in [-0.25, -0.2) is 4.39 Å². The summed E-state index contributed by atoms with van der Waals surface area (Å²) in [6.45, 7) is 4.52. The molecule has 0 amide bonds. The molecule has 1 fully saturated rings. The van der Waals surface area contributed by atoms with Crippen molar-refractivity contribution < 1.29 is 19.0 Å². The third kappa shape index (κ3) is 4.26. The average Bonchev–Trinajstić information content (AvgIpc) is 2.46. The highest BCUT2D eigenvalue weighted by Gasteiger charge is 2.19. The van der Waals surface area contributed by atoms with E-state index in [0.717, 1.165) is 32.8 Å². The lowest BCUT2D eigenvalue weighted by molar-refractivity contribution is -0.139. The molecule has 0 spiro atoms. The van der Waals surface area contributed by atoms with Gasteiger partial charge in [0.1, 0.15) is 11.9 Å². The summed E-state index contributed by atoms with van der Waals surface area (Å²) in [6.07, 6.45) is 0. The van der Waals surface area contributed by atoms with Gasteiger partial charge in [-0.05, 0) is 17.7 Å². The zero-order chi connectivity index (χ0) is 14.4. The van der Waals surface area contributed by atoms with Crippen molar-refractivity contribution in [2.24, 2.45) is 0 Å². The highest BCUT2D eigenvalue weighted by molar-refractivity contribution is 5.75. The summed E-state index contributed by atoms with van der Waals surface area (Å²) in [4.78, 5) is 13.5. The molecular formula is C14H19FN2O3. The highest BCUT2D eigenvalue weighted by Crippen LogP contribution is 2.13. The van der Waals surface area contributed by atoms with E-state index in [1.807, 2.05) is 0 Å². The van der Waals surface area contributed by atoms with Gasteiger partial charge in [0.2, 0.25) is 0 Å². The Bertz CT molecular complexity index is 433. The van der Waals surface area contributed by atoms with E-state index in [2.05, 4.69) is 10.2 Å². The number of nitrogens with zero attached hydrogens (tertiary/aromatic N) is 1. The van der Waals surface area contributed by atoms with Crippen LogP contribution in [-0.4, -0.2) is 55.4 Å². The third-order valence-corrected chi connectivity index (χ3v) is 3.33. The fourth-order valence-corrected chi connectivity index (χ4v) is 2.19. The molecule has 5 nitrogen and oxygen atoms in total. The Hall–Kier alpha value is -1.50. The van der Waals surface area contributed by atoms with Crippen molar-refractivity contribution in [1.82, 2.24) is 10.2 Å². The van der Waals surface area contributed by atoms with Crippen LogP contribution in [0.15, 0.2) is 24.3 Å². The van der Waals surface area contributed by atoms with Crippen LogP contribution >= 0.6 is 0 Å². The molecule has 1 unspecified atom stereocenters. The van der Waals surface area contributed by atoms with Crippen LogP contribution in [0.25, 0.3) is 0 Å². The Morgan fingerprint density at radius 2 is 2.00 bits per heavy atom. The first-order valence-corrected chi connectivity index (χ1v) is 6.68. The molecule has 0 bridgehead atoms. The minimum atomic E-state index is -0.960. The number of nitrogens with one attached hydrogen (secondary N) is 1. The molecule has 1 atom stereocenters. The number of hydrogen-bond acceptors (Lipinski definition) is 4. The van der Waals surface area contributed by atoms with Gasteiger partial charge in [-0.1, -0.05) is 12.1 Å². The minimum Gasteiger partial charge on any atom is -0.480 e. The highest BCUT2D eigenvalue weighted by atomic mass is 19.1. The Labute approximate surface area is 117 Å². The molecule has 0 saturated carbocycles. The van der Waals surface area contributed by atoms with Crippen LogP contribution in [0.3, 0.4) is 0 Å². The van der Waals surface area contributed by atoms with E-state index in [4.69, 9.17) is 4.74 Å². The molecule has 1 aromatic rings. The first kappa shape index (κ1) is 14.9. The maximum atomic E-state index is 12.9. The predicted octanol–water partition coefficient (Wildman–Crippen LogP) is 0.873. The summed E-state index contributed by atoms with van der Waals surface area (Å²) in [5.74, 6) is -1.33. The normalized spacial score (nSPS) is 17.9. The standard InChI is InChI=1S/C14H19FN2O3/c15-12-3-1-11(2-4-12)13(14(18)19)16-5-6-17-7-9-20-10-8-17/h1-4,13,16H,5-10H2,(H,18,19). The van der Waals surface area contributed by atoms with Crippen LogP contribution in [0.5, 0.6) is 0 Å². The molecule has 20 heavy (non-hydrogen) atoms. The molecule has 2 N–H and O–H groups in total.